The van der Waals surface area contributed by atoms with Crippen LogP contribution in [0.3, 0.4) is 0 Å². The van der Waals surface area contributed by atoms with Gasteiger partial charge in [0.25, 0.3) is 0 Å². The normalized spacial score (nSPS) is 35.8. The number of cyclic esters (lactones) is 1. The smallest absolute Gasteiger partial charge is 0.313 e. The number of carbonyl (C=O) groups excluding carboxylic acids is 4. The molecule has 11 heteroatoms. The molecule has 5 bridgehead atoms. The van der Waals surface area contributed by atoms with E-state index < -0.39 is 41.7 Å². The molecule has 2 saturated heterocycles. The number of amides is 3. The van der Waals surface area contributed by atoms with E-state index in [4.69, 9.17) is 9.47 Å². The van der Waals surface area contributed by atoms with Gasteiger partial charge in [-0.3, -0.25) is 19.2 Å². The highest BCUT2D eigenvalue weighted by molar-refractivity contribution is 9.11. The zero-order chi connectivity index (χ0) is 29.1. The molecule has 4 heterocycles. The molecule has 226 valence electrons. The van der Waals surface area contributed by atoms with E-state index in [1.54, 1.807) is 11.8 Å². The third kappa shape index (κ3) is 5.86. The van der Waals surface area contributed by atoms with E-state index in [2.05, 4.69) is 21.2 Å². The number of fused-ring (bicyclic) bond motifs is 2. The van der Waals surface area contributed by atoms with Crippen molar-refractivity contribution in [1.82, 2.24) is 15.1 Å². The van der Waals surface area contributed by atoms with Crippen LogP contribution in [0.2, 0.25) is 0 Å². The quantitative estimate of drug-likeness (QED) is 0.261. The van der Waals surface area contributed by atoms with Crippen LogP contribution in [0.4, 0.5) is 0 Å². The predicted molar refractivity (Wildman–Crippen MR) is 154 cm³/mol. The van der Waals surface area contributed by atoms with Crippen LogP contribution >= 0.6 is 15.9 Å². The maximum Gasteiger partial charge on any atom is 0.313 e. The number of nitrogens with zero attached hydrogens (tertiary/aromatic N) is 2. The number of unbranched alkanes of at least 4 members (excludes halogenated alkanes) is 2. The number of aliphatic hydroxyl groups excluding tert-OH is 1. The van der Waals surface area contributed by atoms with Gasteiger partial charge < -0.3 is 29.7 Å². The maximum absolute atomic E-state index is 14.7. The molecule has 41 heavy (non-hydrogen) atoms. The summed E-state index contributed by atoms with van der Waals surface area (Å²) in [6.07, 6.45) is 12.2. The SMILES string of the molecule is C[C@H]1CNC(=O)CC/C=C\CN(C2CCCCC2)C(=O)[C@H]2N(CCCCCO)C(=O)[C@@H]3[C@@H](C(=O)O1)[C@@H]1O[C@@]32C=C1Br. The van der Waals surface area contributed by atoms with Crippen LogP contribution in [0.1, 0.15) is 71.1 Å². The Kier molecular flexibility index (Phi) is 9.55. The summed E-state index contributed by atoms with van der Waals surface area (Å²) < 4.78 is 12.9. The first-order chi connectivity index (χ1) is 19.8. The van der Waals surface area contributed by atoms with Crippen LogP contribution < -0.4 is 5.32 Å². The van der Waals surface area contributed by atoms with Crippen LogP contribution in [0.15, 0.2) is 22.7 Å². The van der Waals surface area contributed by atoms with E-state index in [-0.39, 0.29) is 36.9 Å². The first-order valence-electron chi connectivity index (χ1n) is 15.2. The van der Waals surface area contributed by atoms with E-state index in [9.17, 15) is 24.3 Å². The Morgan fingerprint density at radius 1 is 1.07 bits per heavy atom. The Morgan fingerprint density at radius 3 is 2.61 bits per heavy atom. The van der Waals surface area contributed by atoms with Gasteiger partial charge in [-0.2, -0.15) is 0 Å². The van der Waals surface area contributed by atoms with Gasteiger partial charge in [-0.05, 0) is 51.5 Å². The molecule has 5 aliphatic rings. The molecule has 1 spiro atoms. The van der Waals surface area contributed by atoms with Gasteiger partial charge in [0, 0.05) is 36.6 Å². The summed E-state index contributed by atoms with van der Waals surface area (Å²) in [5, 5.41) is 12.1. The molecule has 0 aromatic carbocycles. The highest BCUT2D eigenvalue weighted by atomic mass is 79.9. The minimum atomic E-state index is -1.28. The van der Waals surface area contributed by atoms with Crippen molar-refractivity contribution in [2.45, 2.75) is 101 Å². The van der Waals surface area contributed by atoms with Gasteiger partial charge in [0.1, 0.15) is 29.8 Å². The van der Waals surface area contributed by atoms with Crippen molar-refractivity contribution >= 4 is 39.6 Å². The van der Waals surface area contributed by atoms with Gasteiger partial charge in [-0.25, -0.2) is 0 Å². The molecule has 1 saturated carbocycles. The van der Waals surface area contributed by atoms with Crippen molar-refractivity contribution in [3.63, 3.8) is 0 Å². The van der Waals surface area contributed by atoms with Crippen molar-refractivity contribution in [2.75, 3.05) is 26.2 Å². The molecule has 1 aliphatic carbocycles. The lowest BCUT2D eigenvalue weighted by molar-refractivity contribution is -0.158. The number of carbonyl (C=O) groups is 4. The summed E-state index contributed by atoms with van der Waals surface area (Å²) in [6, 6.07) is -0.864. The number of hydrogen-bond acceptors (Lipinski definition) is 7. The van der Waals surface area contributed by atoms with Crippen LogP contribution in [-0.2, 0) is 28.7 Å². The minimum absolute atomic E-state index is 0.0423. The Labute approximate surface area is 250 Å². The molecule has 5 rings (SSSR count). The topological polar surface area (TPSA) is 125 Å². The van der Waals surface area contributed by atoms with E-state index in [0.717, 1.165) is 32.1 Å². The molecule has 0 unspecified atom stereocenters. The Bertz CT molecular complexity index is 1090. The Morgan fingerprint density at radius 2 is 1.85 bits per heavy atom. The molecule has 0 aromatic heterocycles. The van der Waals surface area contributed by atoms with E-state index in [0.29, 0.717) is 49.7 Å². The van der Waals surface area contributed by atoms with Crippen LogP contribution in [-0.4, -0.2) is 94.7 Å². The molecule has 4 aliphatic heterocycles. The second kappa shape index (κ2) is 13.0. The summed E-state index contributed by atoms with van der Waals surface area (Å²) in [5.41, 5.74) is -1.28. The van der Waals surface area contributed by atoms with E-state index >= 15 is 0 Å². The first kappa shape index (κ1) is 30.2. The Hall–Kier alpha value is -2.24. The van der Waals surface area contributed by atoms with Crippen molar-refractivity contribution in [3.8, 4) is 0 Å². The van der Waals surface area contributed by atoms with E-state index in [1.807, 2.05) is 23.1 Å². The summed E-state index contributed by atoms with van der Waals surface area (Å²) >= 11 is 3.58. The highest BCUT2D eigenvalue weighted by Crippen LogP contribution is 2.59. The second-order valence-corrected chi connectivity index (χ2v) is 12.9. The lowest BCUT2D eigenvalue weighted by Crippen LogP contribution is -2.58. The van der Waals surface area contributed by atoms with Crippen molar-refractivity contribution in [3.05, 3.63) is 22.7 Å². The van der Waals surface area contributed by atoms with Crippen LogP contribution in [0.25, 0.3) is 0 Å². The summed E-state index contributed by atoms with van der Waals surface area (Å²) in [7, 11) is 0. The monoisotopic (exact) mass is 635 g/mol. The number of halogens is 1. The summed E-state index contributed by atoms with van der Waals surface area (Å²) in [6.45, 7) is 2.66. The van der Waals surface area contributed by atoms with Gasteiger partial charge in [0.05, 0.1) is 12.5 Å². The fourth-order valence-electron chi connectivity index (χ4n) is 7.23. The average Bonchev–Trinajstić information content (AvgIpc) is 3.55. The fraction of sp³-hybridized carbons (Fsp3) is 0.733. The van der Waals surface area contributed by atoms with Gasteiger partial charge in [0.2, 0.25) is 17.7 Å². The molecular formula is C30H42BrN3O7. The van der Waals surface area contributed by atoms with E-state index in [1.165, 1.54) is 0 Å². The molecule has 6 atom stereocenters. The largest absolute Gasteiger partial charge is 0.460 e. The maximum atomic E-state index is 14.7. The molecule has 0 radical (unpaired) electrons. The fourth-order valence-corrected chi connectivity index (χ4v) is 7.97. The number of nitrogens with one attached hydrogen (secondary N) is 1. The number of allylic oxidation sites excluding steroid dienone is 1. The van der Waals surface area contributed by atoms with Crippen LogP contribution in [0.5, 0.6) is 0 Å². The number of aliphatic hydroxyl groups is 1. The Balaban J connectivity index is 1.55. The zero-order valence-electron chi connectivity index (χ0n) is 23.8. The number of esters is 1. The highest BCUT2D eigenvalue weighted by Gasteiger charge is 2.75. The average molecular weight is 637 g/mol. The lowest BCUT2D eigenvalue weighted by atomic mass is 9.74. The molecule has 2 N–H and O–H groups in total. The van der Waals surface area contributed by atoms with Crippen molar-refractivity contribution in [1.29, 1.82) is 0 Å². The molecular weight excluding hydrogens is 594 g/mol. The third-order valence-corrected chi connectivity index (χ3v) is 9.88. The van der Waals surface area contributed by atoms with Gasteiger partial charge in [-0.15, -0.1) is 0 Å². The summed E-state index contributed by atoms with van der Waals surface area (Å²) in [4.78, 5) is 58.4. The number of hydrogen-bond donors (Lipinski definition) is 2. The predicted octanol–water partition coefficient (Wildman–Crippen LogP) is 2.58. The van der Waals surface area contributed by atoms with Gasteiger partial charge in [0.15, 0.2) is 0 Å². The van der Waals surface area contributed by atoms with Crippen LogP contribution in [0, 0.1) is 11.8 Å². The third-order valence-electron chi connectivity index (χ3n) is 9.20. The van der Waals surface area contributed by atoms with Crippen molar-refractivity contribution in [2.24, 2.45) is 11.8 Å². The zero-order valence-corrected chi connectivity index (χ0v) is 25.4. The lowest BCUT2D eigenvalue weighted by Gasteiger charge is -2.40. The van der Waals surface area contributed by atoms with Crippen molar-refractivity contribution < 1.29 is 33.8 Å². The number of likely N-dealkylation sites (tertiary alicyclic amines) is 1. The molecule has 0 aromatic rings. The summed E-state index contributed by atoms with van der Waals surface area (Å²) in [5.74, 6) is -2.92. The second-order valence-electron chi connectivity index (χ2n) is 12.0. The van der Waals surface area contributed by atoms with Gasteiger partial charge >= 0.3 is 5.97 Å². The first-order valence-corrected chi connectivity index (χ1v) is 16.0. The molecule has 3 amide bonds. The molecule has 10 nitrogen and oxygen atoms in total. The standard InChI is InChI=1S/C30H42BrN3O7/c1-19-18-32-22(36)13-7-3-8-14-33(20-11-5-2-6-12-20)28(38)26-30-17-21(31)25(41-30)23(29(39)40-19)24(30)27(37)34(26)15-9-4-10-16-35/h3,8,17,19-20,23-26,35H,2,4-7,9-16,18H2,1H3,(H,32,36)/b8-3-/t19-,23+,24-,25+,26+,30-/m0/s1. The molecule has 3 fully saturated rings. The number of rotatable bonds is 6. The number of ether oxygens (including phenoxy) is 2. The minimum Gasteiger partial charge on any atom is -0.460 e. The van der Waals surface area contributed by atoms with Gasteiger partial charge in [-0.1, -0.05) is 47.3 Å².